The van der Waals surface area contributed by atoms with Gasteiger partial charge in [-0.05, 0) is 13.3 Å². The Morgan fingerprint density at radius 2 is 2.00 bits per heavy atom. The van der Waals surface area contributed by atoms with Crippen LogP contribution < -0.4 is 5.73 Å². The molecule has 0 atom stereocenters. The van der Waals surface area contributed by atoms with E-state index in [1.165, 1.54) is 0 Å². The van der Waals surface area contributed by atoms with Gasteiger partial charge in [-0.1, -0.05) is 0 Å². The van der Waals surface area contributed by atoms with Crippen LogP contribution in [0.15, 0.2) is 0 Å². The second-order valence-electron chi connectivity index (χ2n) is 2.14. The molecule has 0 aromatic rings. The maximum atomic E-state index is 5.48. The molecular formula is C6H12NO2. The van der Waals surface area contributed by atoms with Crippen LogP contribution in [0.3, 0.4) is 0 Å². The number of rotatable bonds is 1. The van der Waals surface area contributed by atoms with Crippen LogP contribution in [0.4, 0.5) is 0 Å². The summed E-state index contributed by atoms with van der Waals surface area (Å²) in [6.45, 7) is 4.84. The zero-order valence-corrected chi connectivity index (χ0v) is 5.38. The van der Waals surface area contributed by atoms with Crippen LogP contribution in [0.2, 0.25) is 0 Å². The smallest absolute Gasteiger partial charge is 0.157 e. The monoisotopic (exact) mass is 130 g/mol. The van der Waals surface area contributed by atoms with Gasteiger partial charge in [0.25, 0.3) is 0 Å². The van der Waals surface area contributed by atoms with Crippen LogP contribution in [-0.4, -0.2) is 25.5 Å². The Morgan fingerprint density at radius 1 is 1.44 bits per heavy atom. The lowest BCUT2D eigenvalue weighted by molar-refractivity contribution is -0.183. The van der Waals surface area contributed by atoms with Crippen LogP contribution in [0.25, 0.3) is 0 Å². The van der Waals surface area contributed by atoms with E-state index in [-0.39, 0.29) is 12.3 Å². The Hall–Kier alpha value is -0.120. The lowest BCUT2D eigenvalue weighted by atomic mass is 10.3. The molecular weight excluding hydrogens is 118 g/mol. The fourth-order valence-corrected chi connectivity index (χ4v) is 0.725. The third-order valence-electron chi connectivity index (χ3n) is 1.23. The first-order valence-corrected chi connectivity index (χ1v) is 3.11. The largest absolute Gasteiger partial charge is 0.351 e. The minimum atomic E-state index is -0.121. The van der Waals surface area contributed by atoms with Gasteiger partial charge in [0.15, 0.2) is 6.29 Å². The lowest BCUT2D eigenvalue weighted by Crippen LogP contribution is -2.40. The summed E-state index contributed by atoms with van der Waals surface area (Å²) in [5.41, 5.74) is 5.48. The summed E-state index contributed by atoms with van der Waals surface area (Å²) >= 11 is 0. The predicted octanol–water partition coefficient (Wildman–Crippen LogP) is -0.0892. The van der Waals surface area contributed by atoms with E-state index in [2.05, 4.69) is 6.92 Å². The van der Waals surface area contributed by atoms with Crippen molar-refractivity contribution in [2.45, 2.75) is 18.8 Å². The minimum Gasteiger partial charge on any atom is -0.351 e. The molecule has 0 aliphatic carbocycles. The van der Waals surface area contributed by atoms with Crippen LogP contribution in [0, 0.1) is 6.92 Å². The van der Waals surface area contributed by atoms with Gasteiger partial charge in [-0.2, -0.15) is 0 Å². The van der Waals surface area contributed by atoms with Gasteiger partial charge in [-0.25, -0.2) is 0 Å². The molecule has 9 heavy (non-hydrogen) atoms. The molecule has 3 heteroatoms. The quantitative estimate of drug-likeness (QED) is 0.539. The first kappa shape index (κ1) is 6.99. The first-order chi connectivity index (χ1) is 4.33. The molecule has 0 saturated carbocycles. The summed E-state index contributed by atoms with van der Waals surface area (Å²) in [7, 11) is 0. The van der Waals surface area contributed by atoms with E-state index in [4.69, 9.17) is 15.2 Å². The van der Waals surface area contributed by atoms with Crippen LogP contribution >= 0.6 is 0 Å². The van der Waals surface area contributed by atoms with Crippen LogP contribution in [0.5, 0.6) is 0 Å². The standard InChI is InChI=1S/C6H12NO2/c1-2-6-8-3-5(7)4-9-6/h5-6H,1-4,7H2. The van der Waals surface area contributed by atoms with E-state index in [0.29, 0.717) is 19.6 Å². The van der Waals surface area contributed by atoms with Crippen molar-refractivity contribution in [3.8, 4) is 0 Å². The van der Waals surface area contributed by atoms with Crippen molar-refractivity contribution >= 4 is 0 Å². The highest BCUT2D eigenvalue weighted by atomic mass is 16.7. The molecule has 1 heterocycles. The van der Waals surface area contributed by atoms with E-state index in [0.717, 1.165) is 0 Å². The molecule has 1 rings (SSSR count). The van der Waals surface area contributed by atoms with Crippen molar-refractivity contribution in [3.05, 3.63) is 6.92 Å². The molecule has 0 bridgehead atoms. The molecule has 53 valence electrons. The van der Waals surface area contributed by atoms with E-state index in [1.807, 2.05) is 0 Å². The molecule has 1 fully saturated rings. The Labute approximate surface area is 55.1 Å². The molecule has 1 saturated heterocycles. The maximum Gasteiger partial charge on any atom is 0.157 e. The van der Waals surface area contributed by atoms with E-state index in [1.54, 1.807) is 0 Å². The third-order valence-corrected chi connectivity index (χ3v) is 1.23. The van der Waals surface area contributed by atoms with Gasteiger partial charge < -0.3 is 15.2 Å². The zero-order chi connectivity index (χ0) is 6.69. The van der Waals surface area contributed by atoms with Gasteiger partial charge in [0.2, 0.25) is 0 Å². The molecule has 1 radical (unpaired) electrons. The highest BCUT2D eigenvalue weighted by Gasteiger charge is 2.16. The predicted molar refractivity (Wildman–Crippen MR) is 33.6 cm³/mol. The first-order valence-electron chi connectivity index (χ1n) is 3.11. The Bertz CT molecular complexity index is 79.1. The summed E-state index contributed by atoms with van der Waals surface area (Å²) in [5.74, 6) is 0. The molecule has 2 N–H and O–H groups in total. The number of hydrogen-bond acceptors (Lipinski definition) is 3. The molecule has 0 amide bonds. The average Bonchev–Trinajstić information content (AvgIpc) is 1.90. The molecule has 0 spiro atoms. The van der Waals surface area contributed by atoms with E-state index < -0.39 is 0 Å². The van der Waals surface area contributed by atoms with E-state index in [9.17, 15) is 0 Å². The second kappa shape index (κ2) is 3.15. The summed E-state index contributed by atoms with van der Waals surface area (Å²) in [5, 5.41) is 0. The third kappa shape index (κ3) is 1.93. The molecule has 0 aromatic heterocycles. The normalized spacial score (nSPS) is 36.7. The topological polar surface area (TPSA) is 44.5 Å². The summed E-state index contributed by atoms with van der Waals surface area (Å²) in [6.07, 6.45) is 0.539. The molecule has 1 aliphatic heterocycles. The van der Waals surface area contributed by atoms with Gasteiger partial charge in [0.1, 0.15) is 0 Å². The fraction of sp³-hybridized carbons (Fsp3) is 0.833. The highest BCUT2D eigenvalue weighted by Crippen LogP contribution is 2.06. The minimum absolute atomic E-state index is 0.0489. The van der Waals surface area contributed by atoms with Crippen molar-refractivity contribution in [1.29, 1.82) is 0 Å². The van der Waals surface area contributed by atoms with Crippen molar-refractivity contribution in [2.24, 2.45) is 5.73 Å². The van der Waals surface area contributed by atoms with Gasteiger partial charge in [0.05, 0.1) is 19.3 Å². The zero-order valence-electron chi connectivity index (χ0n) is 5.38. The molecule has 0 unspecified atom stereocenters. The van der Waals surface area contributed by atoms with Crippen molar-refractivity contribution in [2.75, 3.05) is 13.2 Å². The Morgan fingerprint density at radius 3 is 2.44 bits per heavy atom. The van der Waals surface area contributed by atoms with E-state index >= 15 is 0 Å². The van der Waals surface area contributed by atoms with Gasteiger partial charge in [-0.3, -0.25) is 0 Å². The molecule has 1 aliphatic rings. The SMILES string of the molecule is [CH2]CC1OCC(N)CO1. The highest BCUT2D eigenvalue weighted by molar-refractivity contribution is 4.64. The Balaban J connectivity index is 2.18. The number of hydrogen-bond donors (Lipinski definition) is 1. The summed E-state index contributed by atoms with van der Waals surface area (Å²) in [6, 6.07) is 0.0489. The van der Waals surface area contributed by atoms with Gasteiger partial charge in [-0.15, -0.1) is 0 Å². The number of nitrogens with two attached hydrogens (primary N) is 1. The fourth-order valence-electron chi connectivity index (χ4n) is 0.725. The molecule has 0 aromatic carbocycles. The van der Waals surface area contributed by atoms with Gasteiger partial charge in [0, 0.05) is 0 Å². The lowest BCUT2D eigenvalue weighted by Gasteiger charge is -2.26. The summed E-state index contributed by atoms with van der Waals surface area (Å²) < 4.78 is 10.3. The van der Waals surface area contributed by atoms with Crippen molar-refractivity contribution < 1.29 is 9.47 Å². The van der Waals surface area contributed by atoms with Gasteiger partial charge >= 0.3 is 0 Å². The molecule has 3 nitrogen and oxygen atoms in total. The maximum absolute atomic E-state index is 5.48. The van der Waals surface area contributed by atoms with Crippen molar-refractivity contribution in [3.63, 3.8) is 0 Å². The average molecular weight is 130 g/mol. The van der Waals surface area contributed by atoms with Crippen LogP contribution in [0.1, 0.15) is 6.42 Å². The second-order valence-corrected chi connectivity index (χ2v) is 2.14. The summed E-state index contributed by atoms with van der Waals surface area (Å²) in [4.78, 5) is 0. The number of ether oxygens (including phenoxy) is 2. The van der Waals surface area contributed by atoms with Crippen LogP contribution in [-0.2, 0) is 9.47 Å². The van der Waals surface area contributed by atoms with Crippen molar-refractivity contribution in [1.82, 2.24) is 0 Å². The Kier molecular flexibility index (Phi) is 2.45.